The zero-order valence-corrected chi connectivity index (χ0v) is 12.6. The Kier molecular flexibility index (Phi) is 5.14. The average molecular weight is 301 g/mol. The van der Waals surface area contributed by atoms with Gasteiger partial charge >= 0.3 is 0 Å². The molecule has 1 aliphatic heterocycles. The lowest BCUT2D eigenvalue weighted by Gasteiger charge is -2.33. The largest absolute Gasteiger partial charge is 0.329 e. The average Bonchev–Trinajstić information content (AvgIpc) is 2.84. The maximum absolute atomic E-state index is 12.3. The highest BCUT2D eigenvalue weighted by Gasteiger charge is 2.30. The van der Waals surface area contributed by atoms with Gasteiger partial charge in [-0.25, -0.2) is 4.72 Å². The van der Waals surface area contributed by atoms with Crippen molar-refractivity contribution in [2.24, 2.45) is 12.8 Å². The van der Waals surface area contributed by atoms with E-state index in [1.165, 1.54) is 4.31 Å². The Bertz CT molecular complexity index is 528. The standard InChI is InChI=1S/C12H23N5O2S/c1-16-9-6-11(15-16)5-7-14-20(18,19)17-8-3-2-4-12(17)10-13/h6,9,12,14H,2-5,7-8,10,13H2,1H3. The second-order valence-electron chi connectivity index (χ2n) is 5.13. The Morgan fingerprint density at radius 1 is 1.50 bits per heavy atom. The summed E-state index contributed by atoms with van der Waals surface area (Å²) in [5, 5.41) is 4.22. The molecule has 1 fully saturated rings. The zero-order chi connectivity index (χ0) is 14.6. The predicted molar refractivity (Wildman–Crippen MR) is 77.2 cm³/mol. The van der Waals surface area contributed by atoms with E-state index in [4.69, 9.17) is 5.73 Å². The summed E-state index contributed by atoms with van der Waals surface area (Å²) in [6.45, 7) is 1.29. The molecule has 7 nitrogen and oxygen atoms in total. The van der Waals surface area contributed by atoms with E-state index < -0.39 is 10.2 Å². The maximum atomic E-state index is 12.3. The summed E-state index contributed by atoms with van der Waals surface area (Å²) in [7, 11) is -1.60. The quantitative estimate of drug-likeness (QED) is 0.748. The van der Waals surface area contributed by atoms with E-state index in [9.17, 15) is 8.42 Å². The van der Waals surface area contributed by atoms with E-state index in [1.54, 1.807) is 4.68 Å². The number of piperidine rings is 1. The van der Waals surface area contributed by atoms with E-state index >= 15 is 0 Å². The first-order valence-electron chi connectivity index (χ1n) is 6.98. The maximum Gasteiger partial charge on any atom is 0.279 e. The molecule has 1 saturated heterocycles. The summed E-state index contributed by atoms with van der Waals surface area (Å²) in [4.78, 5) is 0. The van der Waals surface area contributed by atoms with Gasteiger partial charge in [0.2, 0.25) is 0 Å². The topological polar surface area (TPSA) is 93.2 Å². The van der Waals surface area contributed by atoms with E-state index in [0.717, 1.165) is 25.0 Å². The third-order valence-electron chi connectivity index (χ3n) is 3.59. The molecule has 20 heavy (non-hydrogen) atoms. The van der Waals surface area contributed by atoms with Crippen LogP contribution in [0.3, 0.4) is 0 Å². The van der Waals surface area contributed by atoms with Gasteiger partial charge in [-0.15, -0.1) is 0 Å². The fourth-order valence-electron chi connectivity index (χ4n) is 2.51. The summed E-state index contributed by atoms with van der Waals surface area (Å²) in [6, 6.07) is 1.81. The lowest BCUT2D eigenvalue weighted by atomic mass is 10.1. The highest BCUT2D eigenvalue weighted by molar-refractivity contribution is 7.87. The number of hydrogen-bond acceptors (Lipinski definition) is 4. The number of rotatable bonds is 6. The molecule has 1 aliphatic rings. The summed E-state index contributed by atoms with van der Waals surface area (Å²) in [5.74, 6) is 0. The van der Waals surface area contributed by atoms with Crippen LogP contribution in [0, 0.1) is 0 Å². The Balaban J connectivity index is 1.89. The van der Waals surface area contributed by atoms with Crippen LogP contribution in [0.2, 0.25) is 0 Å². The number of aryl methyl sites for hydroxylation is 1. The fourth-order valence-corrected chi connectivity index (χ4v) is 3.99. The smallest absolute Gasteiger partial charge is 0.279 e. The van der Waals surface area contributed by atoms with Gasteiger partial charge in [-0.2, -0.15) is 17.8 Å². The van der Waals surface area contributed by atoms with E-state index in [0.29, 0.717) is 26.1 Å². The Hall–Kier alpha value is -0.960. The minimum Gasteiger partial charge on any atom is -0.329 e. The molecule has 1 atom stereocenters. The summed E-state index contributed by atoms with van der Waals surface area (Å²) < 4.78 is 30.4. The molecule has 3 N–H and O–H groups in total. The number of nitrogens with zero attached hydrogens (tertiary/aromatic N) is 3. The minimum absolute atomic E-state index is 0.0731. The van der Waals surface area contributed by atoms with Gasteiger partial charge in [0.05, 0.1) is 5.69 Å². The van der Waals surface area contributed by atoms with Gasteiger partial charge in [0, 0.05) is 45.3 Å². The zero-order valence-electron chi connectivity index (χ0n) is 11.8. The molecule has 1 unspecified atom stereocenters. The van der Waals surface area contributed by atoms with Crippen LogP contribution in [-0.2, 0) is 23.7 Å². The number of nitrogens with two attached hydrogens (primary N) is 1. The van der Waals surface area contributed by atoms with E-state index in [-0.39, 0.29) is 6.04 Å². The van der Waals surface area contributed by atoms with Crippen molar-refractivity contribution in [3.63, 3.8) is 0 Å². The molecule has 1 aromatic rings. The molecule has 0 radical (unpaired) electrons. The van der Waals surface area contributed by atoms with E-state index in [2.05, 4.69) is 9.82 Å². The highest BCUT2D eigenvalue weighted by atomic mass is 32.2. The van der Waals surface area contributed by atoms with Crippen LogP contribution in [-0.4, -0.2) is 48.2 Å². The molecule has 1 aromatic heterocycles. The third-order valence-corrected chi connectivity index (χ3v) is 5.26. The minimum atomic E-state index is -3.44. The van der Waals surface area contributed by atoms with Crippen LogP contribution >= 0.6 is 0 Å². The number of aromatic nitrogens is 2. The molecule has 2 heterocycles. The van der Waals surface area contributed by atoms with Gasteiger partial charge in [0.25, 0.3) is 10.2 Å². The molecule has 0 spiro atoms. The van der Waals surface area contributed by atoms with E-state index in [1.807, 2.05) is 19.3 Å². The van der Waals surface area contributed by atoms with Gasteiger partial charge in [-0.05, 0) is 18.9 Å². The van der Waals surface area contributed by atoms with Crippen molar-refractivity contribution in [2.45, 2.75) is 31.7 Å². The summed E-state index contributed by atoms with van der Waals surface area (Å²) in [6.07, 6.45) is 5.22. The number of hydrogen-bond donors (Lipinski definition) is 2. The van der Waals surface area contributed by atoms with Crippen LogP contribution in [0.5, 0.6) is 0 Å². The molecule has 114 valence electrons. The first-order chi connectivity index (χ1) is 9.53. The van der Waals surface area contributed by atoms with Crippen LogP contribution in [0.15, 0.2) is 12.3 Å². The third kappa shape index (κ3) is 3.78. The molecular weight excluding hydrogens is 278 g/mol. The van der Waals surface area contributed by atoms with Gasteiger partial charge < -0.3 is 5.73 Å². The molecule has 0 aromatic carbocycles. The normalized spacial score (nSPS) is 21.2. The van der Waals surface area contributed by atoms with Gasteiger partial charge in [-0.1, -0.05) is 6.42 Å². The molecule has 0 amide bonds. The molecular formula is C12H23N5O2S. The Morgan fingerprint density at radius 2 is 2.30 bits per heavy atom. The van der Waals surface area contributed by atoms with Gasteiger partial charge in [0.1, 0.15) is 0 Å². The molecule has 8 heteroatoms. The van der Waals surface area contributed by atoms with Crippen molar-refractivity contribution in [3.8, 4) is 0 Å². The van der Waals surface area contributed by atoms with Crippen molar-refractivity contribution in [3.05, 3.63) is 18.0 Å². The van der Waals surface area contributed by atoms with Crippen LogP contribution in [0.25, 0.3) is 0 Å². The highest BCUT2D eigenvalue weighted by Crippen LogP contribution is 2.18. The molecule has 0 saturated carbocycles. The fraction of sp³-hybridized carbons (Fsp3) is 0.750. The summed E-state index contributed by atoms with van der Waals surface area (Å²) >= 11 is 0. The second kappa shape index (κ2) is 6.66. The second-order valence-corrected chi connectivity index (χ2v) is 6.83. The lowest BCUT2D eigenvalue weighted by Crippen LogP contribution is -2.51. The first kappa shape index (κ1) is 15.4. The Labute approximate surface area is 120 Å². The lowest BCUT2D eigenvalue weighted by molar-refractivity contribution is 0.254. The first-order valence-corrected chi connectivity index (χ1v) is 8.42. The van der Waals surface area contributed by atoms with Crippen molar-refractivity contribution in [2.75, 3.05) is 19.6 Å². The molecule has 0 aliphatic carbocycles. The van der Waals surface area contributed by atoms with Crippen molar-refractivity contribution in [1.29, 1.82) is 0 Å². The number of nitrogens with one attached hydrogen (secondary N) is 1. The van der Waals surface area contributed by atoms with Crippen LogP contribution < -0.4 is 10.5 Å². The van der Waals surface area contributed by atoms with Crippen molar-refractivity contribution < 1.29 is 8.42 Å². The van der Waals surface area contributed by atoms with Gasteiger partial charge in [-0.3, -0.25) is 4.68 Å². The Morgan fingerprint density at radius 3 is 2.95 bits per heavy atom. The summed E-state index contributed by atoms with van der Waals surface area (Å²) in [5.41, 5.74) is 6.55. The molecule has 2 rings (SSSR count). The van der Waals surface area contributed by atoms with Gasteiger partial charge in [0.15, 0.2) is 0 Å². The van der Waals surface area contributed by atoms with Crippen molar-refractivity contribution in [1.82, 2.24) is 18.8 Å². The predicted octanol–water partition coefficient (Wildman–Crippen LogP) is -0.390. The van der Waals surface area contributed by atoms with Crippen molar-refractivity contribution >= 4 is 10.2 Å². The van der Waals surface area contributed by atoms with Crippen LogP contribution in [0.4, 0.5) is 0 Å². The molecule has 0 bridgehead atoms. The monoisotopic (exact) mass is 301 g/mol. The SMILES string of the molecule is Cn1ccc(CCNS(=O)(=O)N2CCCCC2CN)n1. The van der Waals surface area contributed by atoms with Crippen LogP contribution in [0.1, 0.15) is 25.0 Å².